The second kappa shape index (κ2) is 6.95. The Hall–Kier alpha value is -1.63. The summed E-state index contributed by atoms with van der Waals surface area (Å²) >= 11 is 0. The molecular formula is C11H22N6O. The highest BCUT2D eigenvalue weighted by Crippen LogP contribution is 2.17. The van der Waals surface area contributed by atoms with E-state index in [0.717, 1.165) is 13.0 Å². The van der Waals surface area contributed by atoms with Crippen LogP contribution in [0, 0.1) is 0 Å². The molecule has 1 rings (SSSR count). The highest BCUT2D eigenvalue weighted by atomic mass is 16.5. The van der Waals surface area contributed by atoms with Crippen LogP contribution in [0.2, 0.25) is 0 Å². The number of hydrogen-bond donors (Lipinski definition) is 2. The molecule has 0 saturated heterocycles. The quantitative estimate of drug-likeness (QED) is 0.558. The standard InChI is InChI=1S/C11H22N6O/c1-5-8(4)17(6-2)10-13-9(16-12)14-11(15-10)18-7-3/h8H,5-7,12H2,1-4H3,(H,13,14,15,16). The van der Waals surface area contributed by atoms with E-state index in [1.807, 2.05) is 6.92 Å². The van der Waals surface area contributed by atoms with E-state index in [0.29, 0.717) is 24.5 Å². The van der Waals surface area contributed by atoms with Gasteiger partial charge in [-0.05, 0) is 27.2 Å². The predicted molar refractivity (Wildman–Crippen MR) is 71.6 cm³/mol. The van der Waals surface area contributed by atoms with Crippen LogP contribution in [0.5, 0.6) is 6.01 Å². The minimum absolute atomic E-state index is 0.289. The van der Waals surface area contributed by atoms with Crippen molar-refractivity contribution < 1.29 is 4.74 Å². The molecule has 102 valence electrons. The van der Waals surface area contributed by atoms with Crippen molar-refractivity contribution in [1.29, 1.82) is 0 Å². The molecule has 1 aromatic rings. The van der Waals surface area contributed by atoms with Gasteiger partial charge in [-0.25, -0.2) is 5.84 Å². The first kappa shape index (κ1) is 14.4. The molecule has 0 saturated carbocycles. The summed E-state index contributed by atoms with van der Waals surface area (Å²) in [6.07, 6.45) is 1.01. The largest absolute Gasteiger partial charge is 0.464 e. The van der Waals surface area contributed by atoms with Gasteiger partial charge >= 0.3 is 6.01 Å². The number of nitrogens with one attached hydrogen (secondary N) is 1. The SMILES string of the molecule is CCOc1nc(NN)nc(N(CC)C(C)CC)n1. The Morgan fingerprint density at radius 3 is 2.50 bits per heavy atom. The number of nitrogens with zero attached hydrogens (tertiary/aromatic N) is 4. The van der Waals surface area contributed by atoms with Gasteiger partial charge in [0.15, 0.2) is 0 Å². The van der Waals surface area contributed by atoms with Gasteiger partial charge in [-0.2, -0.15) is 15.0 Å². The zero-order valence-corrected chi connectivity index (χ0v) is 11.5. The highest BCUT2D eigenvalue weighted by molar-refractivity contribution is 5.38. The third-order valence-corrected chi connectivity index (χ3v) is 2.73. The maximum atomic E-state index is 5.36. The molecule has 0 radical (unpaired) electrons. The second-order valence-corrected chi connectivity index (χ2v) is 3.86. The molecule has 1 heterocycles. The van der Waals surface area contributed by atoms with Gasteiger partial charge in [0.05, 0.1) is 6.61 Å². The van der Waals surface area contributed by atoms with Gasteiger partial charge in [0, 0.05) is 12.6 Å². The first-order valence-corrected chi connectivity index (χ1v) is 6.28. The van der Waals surface area contributed by atoms with Gasteiger partial charge in [-0.15, -0.1) is 0 Å². The Kier molecular flexibility index (Phi) is 5.57. The molecule has 7 nitrogen and oxygen atoms in total. The number of hydrazine groups is 1. The molecule has 0 aromatic carbocycles. The first-order chi connectivity index (χ1) is 8.65. The molecule has 1 atom stereocenters. The Labute approximate surface area is 108 Å². The number of rotatable bonds is 7. The predicted octanol–water partition coefficient (Wildman–Crippen LogP) is 1.18. The molecule has 3 N–H and O–H groups in total. The molecular weight excluding hydrogens is 232 g/mol. The summed E-state index contributed by atoms with van der Waals surface area (Å²) in [4.78, 5) is 14.7. The molecule has 0 aliphatic carbocycles. The molecule has 0 amide bonds. The van der Waals surface area contributed by atoms with Gasteiger partial charge < -0.3 is 9.64 Å². The summed E-state index contributed by atoms with van der Waals surface area (Å²) in [6.45, 7) is 9.51. The zero-order valence-electron chi connectivity index (χ0n) is 11.5. The van der Waals surface area contributed by atoms with Crippen molar-refractivity contribution >= 4 is 11.9 Å². The van der Waals surface area contributed by atoms with Crippen molar-refractivity contribution in [2.75, 3.05) is 23.5 Å². The number of anilines is 2. The van der Waals surface area contributed by atoms with Crippen LogP contribution in [0.25, 0.3) is 0 Å². The van der Waals surface area contributed by atoms with Crippen molar-refractivity contribution in [3.63, 3.8) is 0 Å². The van der Waals surface area contributed by atoms with Crippen molar-refractivity contribution in [2.45, 2.75) is 40.2 Å². The Morgan fingerprint density at radius 2 is 2.00 bits per heavy atom. The summed E-state index contributed by atoms with van der Waals surface area (Å²) in [5.41, 5.74) is 2.43. The maximum absolute atomic E-state index is 5.36. The third kappa shape index (κ3) is 3.43. The van der Waals surface area contributed by atoms with Crippen molar-refractivity contribution in [1.82, 2.24) is 15.0 Å². The van der Waals surface area contributed by atoms with Gasteiger partial charge in [0.1, 0.15) is 0 Å². The summed E-state index contributed by atoms with van der Waals surface area (Å²) in [5, 5.41) is 0. The monoisotopic (exact) mass is 254 g/mol. The Bertz CT molecular complexity index is 373. The van der Waals surface area contributed by atoms with Crippen LogP contribution in [0.4, 0.5) is 11.9 Å². The number of hydrogen-bond acceptors (Lipinski definition) is 7. The highest BCUT2D eigenvalue weighted by Gasteiger charge is 2.16. The lowest BCUT2D eigenvalue weighted by molar-refractivity contribution is 0.311. The maximum Gasteiger partial charge on any atom is 0.323 e. The van der Waals surface area contributed by atoms with Crippen molar-refractivity contribution in [3.05, 3.63) is 0 Å². The topological polar surface area (TPSA) is 89.2 Å². The van der Waals surface area contributed by atoms with E-state index in [9.17, 15) is 0 Å². The van der Waals surface area contributed by atoms with Crippen LogP contribution < -0.4 is 20.9 Å². The smallest absolute Gasteiger partial charge is 0.323 e. The molecule has 1 aromatic heterocycles. The third-order valence-electron chi connectivity index (χ3n) is 2.73. The molecule has 0 aliphatic heterocycles. The molecule has 1 unspecified atom stereocenters. The number of ether oxygens (including phenoxy) is 1. The average Bonchev–Trinajstić information content (AvgIpc) is 2.39. The Balaban J connectivity index is 3.08. The molecule has 7 heteroatoms. The minimum Gasteiger partial charge on any atom is -0.464 e. The fourth-order valence-electron chi connectivity index (χ4n) is 1.60. The minimum atomic E-state index is 0.289. The molecule has 0 fully saturated rings. The zero-order chi connectivity index (χ0) is 13.5. The van der Waals surface area contributed by atoms with E-state index in [4.69, 9.17) is 10.6 Å². The van der Waals surface area contributed by atoms with Crippen molar-refractivity contribution in [2.24, 2.45) is 5.84 Å². The fourth-order valence-corrected chi connectivity index (χ4v) is 1.60. The van der Waals surface area contributed by atoms with Gasteiger partial charge in [-0.1, -0.05) is 6.92 Å². The van der Waals surface area contributed by atoms with E-state index in [1.165, 1.54) is 0 Å². The van der Waals surface area contributed by atoms with Gasteiger partial charge in [-0.3, -0.25) is 5.43 Å². The molecule has 18 heavy (non-hydrogen) atoms. The molecule has 0 spiro atoms. The van der Waals surface area contributed by atoms with Gasteiger partial charge in [0.25, 0.3) is 0 Å². The lowest BCUT2D eigenvalue weighted by Gasteiger charge is -2.27. The normalized spacial score (nSPS) is 12.1. The van der Waals surface area contributed by atoms with Crippen LogP contribution in [-0.4, -0.2) is 34.1 Å². The van der Waals surface area contributed by atoms with Crippen LogP contribution in [0.15, 0.2) is 0 Å². The summed E-state index contributed by atoms with van der Waals surface area (Å²) in [6, 6.07) is 0.634. The van der Waals surface area contributed by atoms with Crippen molar-refractivity contribution in [3.8, 4) is 6.01 Å². The van der Waals surface area contributed by atoms with Crippen LogP contribution >= 0.6 is 0 Å². The van der Waals surface area contributed by atoms with Crippen LogP contribution in [0.1, 0.15) is 34.1 Å². The van der Waals surface area contributed by atoms with Crippen LogP contribution in [0.3, 0.4) is 0 Å². The Morgan fingerprint density at radius 1 is 1.28 bits per heavy atom. The summed E-state index contributed by atoms with van der Waals surface area (Å²) < 4.78 is 5.31. The average molecular weight is 254 g/mol. The van der Waals surface area contributed by atoms with Gasteiger partial charge in [0.2, 0.25) is 11.9 Å². The van der Waals surface area contributed by atoms with E-state index in [2.05, 4.69) is 46.0 Å². The number of nitrogen functional groups attached to an aromatic ring is 1. The lowest BCUT2D eigenvalue weighted by Crippen LogP contribution is -2.34. The second-order valence-electron chi connectivity index (χ2n) is 3.86. The fraction of sp³-hybridized carbons (Fsp3) is 0.727. The lowest BCUT2D eigenvalue weighted by atomic mass is 10.2. The number of aromatic nitrogens is 3. The van der Waals surface area contributed by atoms with E-state index < -0.39 is 0 Å². The first-order valence-electron chi connectivity index (χ1n) is 6.28. The van der Waals surface area contributed by atoms with E-state index in [1.54, 1.807) is 0 Å². The molecule has 0 aliphatic rings. The summed E-state index contributed by atoms with van der Waals surface area (Å²) in [7, 11) is 0. The van der Waals surface area contributed by atoms with E-state index in [-0.39, 0.29) is 6.01 Å². The van der Waals surface area contributed by atoms with E-state index >= 15 is 0 Å². The van der Waals surface area contributed by atoms with Crippen LogP contribution in [-0.2, 0) is 0 Å². The number of nitrogens with two attached hydrogens (primary N) is 1. The molecule has 0 bridgehead atoms. The summed E-state index contributed by atoms with van der Waals surface area (Å²) in [5.74, 6) is 6.25.